The first-order valence-electron chi connectivity index (χ1n) is 8.63. The molecule has 0 spiro atoms. The number of anilines is 1. The van der Waals surface area contributed by atoms with Gasteiger partial charge in [-0.2, -0.15) is 0 Å². The van der Waals surface area contributed by atoms with Crippen LogP contribution in [0.5, 0.6) is 0 Å². The van der Waals surface area contributed by atoms with Crippen LogP contribution in [0, 0.1) is 5.92 Å². The Morgan fingerprint density at radius 2 is 2.17 bits per heavy atom. The molecule has 0 unspecified atom stereocenters. The van der Waals surface area contributed by atoms with Crippen molar-refractivity contribution in [2.45, 2.75) is 63.4 Å². The first kappa shape index (κ1) is 16.2. The summed E-state index contributed by atoms with van der Waals surface area (Å²) in [6.07, 6.45) is 8.74. The van der Waals surface area contributed by atoms with E-state index in [0.717, 1.165) is 44.3 Å². The summed E-state index contributed by atoms with van der Waals surface area (Å²) in [6.45, 7) is 2.71. The van der Waals surface area contributed by atoms with E-state index in [-0.39, 0.29) is 17.6 Å². The fraction of sp³-hybridized carbons (Fsp3) is 0.706. The standard InChI is InChI=1S/C17H26N4O2/c1-17(8-9-17)15-18-11-7-14(20-15)21-16(23)19-10-6-12-4-2-3-5-13(12)22/h7,11-13,22H,2-6,8-10H2,1H3,(H2,18,19,20,21,23)/t12-,13-/m0/s1. The highest BCUT2D eigenvalue weighted by molar-refractivity contribution is 5.88. The molecule has 0 aliphatic heterocycles. The van der Waals surface area contributed by atoms with Crippen LogP contribution in [-0.2, 0) is 5.41 Å². The van der Waals surface area contributed by atoms with Gasteiger partial charge >= 0.3 is 6.03 Å². The Bertz CT molecular complexity index is 559. The Morgan fingerprint density at radius 1 is 1.39 bits per heavy atom. The molecule has 1 aromatic heterocycles. The van der Waals surface area contributed by atoms with E-state index in [0.29, 0.717) is 18.3 Å². The Morgan fingerprint density at radius 3 is 2.91 bits per heavy atom. The van der Waals surface area contributed by atoms with Crippen molar-refractivity contribution >= 4 is 11.8 Å². The maximum absolute atomic E-state index is 12.0. The number of hydrogen-bond acceptors (Lipinski definition) is 4. The molecule has 2 aliphatic carbocycles. The van der Waals surface area contributed by atoms with Crippen LogP contribution in [0.3, 0.4) is 0 Å². The predicted octanol–water partition coefficient (Wildman–Crippen LogP) is 2.59. The lowest BCUT2D eigenvalue weighted by Gasteiger charge is -2.27. The molecule has 1 aromatic rings. The third-order valence-corrected chi connectivity index (χ3v) is 5.11. The van der Waals surface area contributed by atoms with Crippen LogP contribution in [-0.4, -0.2) is 33.8 Å². The van der Waals surface area contributed by atoms with Crippen molar-refractivity contribution < 1.29 is 9.90 Å². The molecule has 2 aliphatic rings. The van der Waals surface area contributed by atoms with Gasteiger partial charge in [0.25, 0.3) is 0 Å². The first-order valence-corrected chi connectivity index (χ1v) is 8.63. The lowest BCUT2D eigenvalue weighted by Crippen LogP contribution is -2.33. The summed E-state index contributed by atoms with van der Waals surface area (Å²) in [4.78, 5) is 20.7. The first-order chi connectivity index (χ1) is 11.1. The van der Waals surface area contributed by atoms with Gasteiger partial charge in [0.1, 0.15) is 11.6 Å². The Kier molecular flexibility index (Phi) is 4.80. The van der Waals surface area contributed by atoms with Crippen molar-refractivity contribution in [3.8, 4) is 0 Å². The van der Waals surface area contributed by atoms with Crippen molar-refractivity contribution in [1.82, 2.24) is 15.3 Å². The van der Waals surface area contributed by atoms with E-state index < -0.39 is 0 Å². The second-order valence-corrected chi connectivity index (χ2v) is 7.11. The van der Waals surface area contributed by atoms with Gasteiger partial charge in [-0.25, -0.2) is 14.8 Å². The lowest BCUT2D eigenvalue weighted by molar-refractivity contribution is 0.0658. The quantitative estimate of drug-likeness (QED) is 0.779. The van der Waals surface area contributed by atoms with Gasteiger partial charge in [-0.1, -0.05) is 19.8 Å². The number of aliphatic hydroxyl groups is 1. The number of nitrogens with zero attached hydrogens (tertiary/aromatic N) is 2. The molecule has 2 saturated carbocycles. The van der Waals surface area contributed by atoms with Gasteiger partial charge in [-0.15, -0.1) is 0 Å². The molecule has 3 rings (SSSR count). The number of aliphatic hydroxyl groups excluding tert-OH is 1. The van der Waals surface area contributed by atoms with Gasteiger partial charge in [0.15, 0.2) is 0 Å². The minimum atomic E-state index is -0.249. The van der Waals surface area contributed by atoms with Gasteiger partial charge in [0, 0.05) is 18.2 Å². The average Bonchev–Trinajstić information content (AvgIpc) is 3.29. The fourth-order valence-corrected chi connectivity index (χ4v) is 3.19. The Hall–Kier alpha value is -1.69. The summed E-state index contributed by atoms with van der Waals surface area (Å²) in [7, 11) is 0. The number of hydrogen-bond donors (Lipinski definition) is 3. The molecule has 0 saturated heterocycles. The number of carbonyl (C=O) groups is 1. The fourth-order valence-electron chi connectivity index (χ4n) is 3.19. The predicted molar refractivity (Wildman–Crippen MR) is 88.2 cm³/mol. The van der Waals surface area contributed by atoms with Gasteiger partial charge in [0.05, 0.1) is 6.10 Å². The molecular formula is C17H26N4O2. The Labute approximate surface area is 137 Å². The number of urea groups is 1. The number of carbonyl (C=O) groups excluding carboxylic acids is 1. The van der Waals surface area contributed by atoms with E-state index in [1.165, 1.54) is 6.42 Å². The van der Waals surface area contributed by atoms with Crippen LogP contribution in [0.1, 0.15) is 57.7 Å². The zero-order valence-corrected chi connectivity index (χ0v) is 13.7. The molecule has 2 fully saturated rings. The molecule has 126 valence electrons. The van der Waals surface area contributed by atoms with Crippen LogP contribution in [0.15, 0.2) is 12.3 Å². The van der Waals surface area contributed by atoms with E-state index in [2.05, 4.69) is 27.5 Å². The molecule has 23 heavy (non-hydrogen) atoms. The third kappa shape index (κ3) is 4.19. The van der Waals surface area contributed by atoms with Gasteiger partial charge in [0.2, 0.25) is 0 Å². The van der Waals surface area contributed by atoms with Gasteiger partial charge < -0.3 is 10.4 Å². The summed E-state index contributed by atoms with van der Waals surface area (Å²) >= 11 is 0. The summed E-state index contributed by atoms with van der Waals surface area (Å²) in [6, 6.07) is 1.46. The van der Waals surface area contributed by atoms with Gasteiger partial charge in [-0.05, 0) is 44.1 Å². The number of aromatic nitrogens is 2. The smallest absolute Gasteiger partial charge is 0.320 e. The Balaban J connectivity index is 1.44. The highest BCUT2D eigenvalue weighted by Gasteiger charge is 2.42. The van der Waals surface area contributed by atoms with Crippen molar-refractivity contribution in [3.05, 3.63) is 18.1 Å². The topological polar surface area (TPSA) is 87.1 Å². The maximum atomic E-state index is 12.0. The summed E-state index contributed by atoms with van der Waals surface area (Å²) < 4.78 is 0. The monoisotopic (exact) mass is 318 g/mol. The largest absolute Gasteiger partial charge is 0.393 e. The van der Waals surface area contributed by atoms with Crippen LogP contribution < -0.4 is 10.6 Å². The molecule has 2 amide bonds. The lowest BCUT2D eigenvalue weighted by atomic mass is 9.84. The van der Waals surface area contributed by atoms with Crippen LogP contribution in [0.2, 0.25) is 0 Å². The summed E-state index contributed by atoms with van der Waals surface area (Å²) in [5.41, 5.74) is 0.0886. The molecule has 6 heteroatoms. The molecular weight excluding hydrogens is 292 g/mol. The average molecular weight is 318 g/mol. The van der Waals surface area contributed by atoms with E-state index in [9.17, 15) is 9.90 Å². The highest BCUT2D eigenvalue weighted by Crippen LogP contribution is 2.45. The molecule has 0 radical (unpaired) electrons. The molecule has 0 aromatic carbocycles. The van der Waals surface area contributed by atoms with E-state index in [1.54, 1.807) is 12.3 Å². The van der Waals surface area contributed by atoms with E-state index in [1.807, 2.05) is 0 Å². The minimum absolute atomic E-state index is 0.0886. The zero-order valence-electron chi connectivity index (χ0n) is 13.7. The second kappa shape index (κ2) is 6.83. The van der Waals surface area contributed by atoms with E-state index >= 15 is 0 Å². The highest BCUT2D eigenvalue weighted by atomic mass is 16.3. The molecule has 6 nitrogen and oxygen atoms in total. The molecule has 2 atom stereocenters. The normalized spacial score (nSPS) is 25.7. The van der Waals surface area contributed by atoms with Crippen molar-refractivity contribution in [2.75, 3.05) is 11.9 Å². The third-order valence-electron chi connectivity index (χ3n) is 5.11. The van der Waals surface area contributed by atoms with Crippen molar-refractivity contribution in [2.24, 2.45) is 5.92 Å². The van der Waals surface area contributed by atoms with Crippen LogP contribution in [0.25, 0.3) is 0 Å². The van der Waals surface area contributed by atoms with Crippen LogP contribution in [0.4, 0.5) is 10.6 Å². The zero-order chi connectivity index (χ0) is 16.3. The number of nitrogens with one attached hydrogen (secondary N) is 2. The molecule has 3 N–H and O–H groups in total. The van der Waals surface area contributed by atoms with Crippen molar-refractivity contribution in [3.63, 3.8) is 0 Å². The SMILES string of the molecule is CC1(c2nccc(NC(=O)NCC[C@@H]3CCCC[C@@H]3O)n2)CC1. The molecule has 1 heterocycles. The summed E-state index contributed by atoms with van der Waals surface area (Å²) in [5, 5.41) is 15.6. The number of rotatable bonds is 5. The van der Waals surface area contributed by atoms with Crippen LogP contribution >= 0.6 is 0 Å². The summed E-state index contributed by atoms with van der Waals surface area (Å²) in [5.74, 6) is 1.66. The molecule has 0 bridgehead atoms. The number of amides is 2. The van der Waals surface area contributed by atoms with Crippen molar-refractivity contribution in [1.29, 1.82) is 0 Å². The van der Waals surface area contributed by atoms with Gasteiger partial charge in [-0.3, -0.25) is 5.32 Å². The second-order valence-electron chi connectivity index (χ2n) is 7.11. The minimum Gasteiger partial charge on any atom is -0.393 e. The maximum Gasteiger partial charge on any atom is 0.320 e. The van der Waals surface area contributed by atoms with E-state index in [4.69, 9.17) is 0 Å².